The van der Waals surface area contributed by atoms with Crippen LogP contribution in [0.2, 0.25) is 0 Å². The highest BCUT2D eigenvalue weighted by Gasteiger charge is 2.34. The van der Waals surface area contributed by atoms with Crippen molar-refractivity contribution < 1.29 is 35.9 Å². The highest BCUT2D eigenvalue weighted by molar-refractivity contribution is 7.92. The Bertz CT molecular complexity index is 1140. The molecule has 0 saturated heterocycles. The van der Waals surface area contributed by atoms with E-state index < -0.39 is 46.2 Å². The Hall–Kier alpha value is -3.28. The van der Waals surface area contributed by atoms with Crippen molar-refractivity contribution in [3.63, 3.8) is 0 Å². The third-order valence-corrected chi connectivity index (χ3v) is 6.43. The van der Waals surface area contributed by atoms with Crippen LogP contribution < -0.4 is 14.4 Å². The third-order valence-electron chi connectivity index (χ3n) is 5.28. The summed E-state index contributed by atoms with van der Waals surface area (Å²) in [6.45, 7) is 0.869. The first-order valence-electron chi connectivity index (χ1n) is 10.6. The van der Waals surface area contributed by atoms with E-state index in [2.05, 4.69) is 5.32 Å². The second kappa shape index (κ2) is 11.4. The lowest BCUT2D eigenvalue weighted by molar-refractivity contribution is -0.140. The Balaban J connectivity index is 2.46. The van der Waals surface area contributed by atoms with Gasteiger partial charge in [-0.2, -0.15) is 13.2 Å². The number of anilines is 1. The maximum atomic E-state index is 13.4. The lowest BCUT2D eigenvalue weighted by atomic mass is 10.1. The fraction of sp³-hybridized carbons (Fsp3) is 0.391. The summed E-state index contributed by atoms with van der Waals surface area (Å²) in [5.74, 6) is -0.629. The molecule has 1 N–H and O–H groups in total. The standard InChI is InChI=1S/C23H28F3N3O5S/c1-5-20(22(31)27-2)28(14-16-9-11-19(34-3)12-10-16)21(30)15-29(35(4,32)33)18-8-6-7-17(13-18)23(24,25)26/h6-13,20H,5,14-15H2,1-4H3,(H,27,31)/t20-/m1/s1. The van der Waals surface area contributed by atoms with Gasteiger partial charge >= 0.3 is 6.18 Å². The smallest absolute Gasteiger partial charge is 0.416 e. The number of hydrogen-bond acceptors (Lipinski definition) is 5. The van der Waals surface area contributed by atoms with E-state index in [1.54, 1.807) is 31.2 Å². The van der Waals surface area contributed by atoms with Crippen LogP contribution in [0.25, 0.3) is 0 Å². The van der Waals surface area contributed by atoms with Crippen molar-refractivity contribution >= 4 is 27.5 Å². The molecule has 12 heteroatoms. The van der Waals surface area contributed by atoms with Crippen molar-refractivity contribution in [3.8, 4) is 5.75 Å². The normalized spacial score (nSPS) is 12.5. The average molecular weight is 516 g/mol. The van der Waals surface area contributed by atoms with Gasteiger partial charge in [0.2, 0.25) is 21.8 Å². The predicted octanol–water partition coefficient (Wildman–Crippen LogP) is 3.03. The van der Waals surface area contributed by atoms with Crippen molar-refractivity contribution in [1.82, 2.24) is 10.2 Å². The largest absolute Gasteiger partial charge is 0.497 e. The van der Waals surface area contributed by atoms with Gasteiger partial charge in [-0.05, 0) is 42.3 Å². The van der Waals surface area contributed by atoms with Crippen LogP contribution in [0.5, 0.6) is 5.75 Å². The van der Waals surface area contributed by atoms with Gasteiger partial charge < -0.3 is 15.0 Å². The van der Waals surface area contributed by atoms with Crippen LogP contribution in [0.4, 0.5) is 18.9 Å². The molecule has 0 saturated carbocycles. The number of nitrogens with zero attached hydrogens (tertiary/aromatic N) is 2. The van der Waals surface area contributed by atoms with Gasteiger partial charge in [-0.15, -0.1) is 0 Å². The first kappa shape index (κ1) is 28.0. The average Bonchev–Trinajstić information content (AvgIpc) is 2.81. The zero-order valence-corrected chi connectivity index (χ0v) is 20.6. The monoisotopic (exact) mass is 515 g/mol. The van der Waals surface area contributed by atoms with E-state index in [0.717, 1.165) is 18.4 Å². The van der Waals surface area contributed by atoms with E-state index >= 15 is 0 Å². The van der Waals surface area contributed by atoms with E-state index in [0.29, 0.717) is 21.7 Å². The van der Waals surface area contributed by atoms with Crippen molar-refractivity contribution in [2.45, 2.75) is 32.1 Å². The van der Waals surface area contributed by atoms with Gasteiger partial charge in [-0.25, -0.2) is 8.42 Å². The number of benzene rings is 2. The SMILES string of the molecule is CC[C@H](C(=O)NC)N(Cc1ccc(OC)cc1)C(=O)CN(c1cccc(C(F)(F)F)c1)S(C)(=O)=O. The Morgan fingerprint density at radius 3 is 2.23 bits per heavy atom. The number of sulfonamides is 1. The first-order valence-corrected chi connectivity index (χ1v) is 12.5. The number of methoxy groups -OCH3 is 1. The molecule has 0 unspecified atom stereocenters. The van der Waals surface area contributed by atoms with E-state index in [1.807, 2.05) is 0 Å². The molecule has 0 bridgehead atoms. The number of likely N-dealkylation sites (N-methyl/N-ethyl adjacent to an activating group) is 1. The van der Waals surface area contributed by atoms with Crippen molar-refractivity contribution in [1.29, 1.82) is 0 Å². The Labute approximate surface area is 202 Å². The van der Waals surface area contributed by atoms with Crippen molar-refractivity contribution in [2.24, 2.45) is 0 Å². The maximum Gasteiger partial charge on any atom is 0.416 e. The number of carbonyl (C=O) groups excluding carboxylic acids is 2. The molecule has 35 heavy (non-hydrogen) atoms. The van der Waals surface area contributed by atoms with Gasteiger partial charge in [0.1, 0.15) is 18.3 Å². The van der Waals surface area contributed by atoms with Crippen LogP contribution in [0.1, 0.15) is 24.5 Å². The predicted molar refractivity (Wildman–Crippen MR) is 125 cm³/mol. The van der Waals surface area contributed by atoms with Crippen LogP contribution in [0.3, 0.4) is 0 Å². The molecule has 1 atom stereocenters. The minimum atomic E-state index is -4.70. The number of ether oxygens (including phenoxy) is 1. The zero-order valence-electron chi connectivity index (χ0n) is 19.8. The summed E-state index contributed by atoms with van der Waals surface area (Å²) in [5, 5.41) is 2.49. The second-order valence-electron chi connectivity index (χ2n) is 7.73. The molecule has 2 aromatic carbocycles. The number of halogens is 3. The minimum absolute atomic E-state index is 0.0328. The molecule has 0 aliphatic rings. The van der Waals surface area contributed by atoms with Gasteiger partial charge in [0, 0.05) is 13.6 Å². The second-order valence-corrected chi connectivity index (χ2v) is 9.63. The van der Waals surface area contributed by atoms with Crippen LogP contribution in [0.15, 0.2) is 48.5 Å². The topological polar surface area (TPSA) is 96.0 Å². The van der Waals surface area contributed by atoms with E-state index in [9.17, 15) is 31.2 Å². The van der Waals surface area contributed by atoms with Gasteiger partial charge in [0.15, 0.2) is 0 Å². The molecular formula is C23H28F3N3O5S. The Morgan fingerprint density at radius 1 is 1.11 bits per heavy atom. The molecular weight excluding hydrogens is 487 g/mol. The molecule has 0 spiro atoms. The van der Waals surface area contributed by atoms with E-state index in [-0.39, 0.29) is 18.7 Å². The lowest BCUT2D eigenvalue weighted by Crippen LogP contribution is -2.51. The molecule has 0 aromatic heterocycles. The Kier molecular flexibility index (Phi) is 9.13. The van der Waals surface area contributed by atoms with Crippen molar-refractivity contribution in [3.05, 3.63) is 59.7 Å². The fourth-order valence-electron chi connectivity index (χ4n) is 3.46. The highest BCUT2D eigenvalue weighted by atomic mass is 32.2. The minimum Gasteiger partial charge on any atom is -0.497 e. The summed E-state index contributed by atoms with van der Waals surface area (Å²) in [6, 6.07) is 9.50. The molecule has 2 amide bonds. The van der Waals surface area contributed by atoms with Gasteiger partial charge in [-0.3, -0.25) is 13.9 Å². The van der Waals surface area contributed by atoms with Gasteiger partial charge in [-0.1, -0.05) is 25.1 Å². The third kappa shape index (κ3) is 7.35. The maximum absolute atomic E-state index is 13.4. The number of alkyl halides is 3. The number of amides is 2. The molecule has 0 aliphatic carbocycles. The number of hydrogen-bond donors (Lipinski definition) is 1. The number of rotatable bonds is 10. The van der Waals surface area contributed by atoms with Gasteiger partial charge in [0.05, 0.1) is 24.6 Å². The quantitative estimate of drug-likeness (QED) is 0.525. The molecule has 8 nitrogen and oxygen atoms in total. The summed E-state index contributed by atoms with van der Waals surface area (Å²) in [7, 11) is -1.24. The lowest BCUT2D eigenvalue weighted by Gasteiger charge is -2.32. The van der Waals surface area contributed by atoms with Crippen LogP contribution in [-0.4, -0.2) is 58.1 Å². The fourth-order valence-corrected chi connectivity index (χ4v) is 4.31. The van der Waals surface area contributed by atoms with Crippen LogP contribution >= 0.6 is 0 Å². The molecule has 192 valence electrons. The van der Waals surface area contributed by atoms with Crippen LogP contribution in [0, 0.1) is 0 Å². The zero-order chi connectivity index (χ0) is 26.4. The van der Waals surface area contributed by atoms with Gasteiger partial charge in [0.25, 0.3) is 0 Å². The molecule has 2 aromatic rings. The summed E-state index contributed by atoms with van der Waals surface area (Å²) in [4.78, 5) is 27.1. The summed E-state index contributed by atoms with van der Waals surface area (Å²) >= 11 is 0. The summed E-state index contributed by atoms with van der Waals surface area (Å²) in [6.07, 6.45) is -3.68. The van der Waals surface area contributed by atoms with Crippen LogP contribution in [-0.2, 0) is 32.3 Å². The number of carbonyl (C=O) groups is 2. The van der Waals surface area contributed by atoms with E-state index in [1.165, 1.54) is 25.1 Å². The summed E-state index contributed by atoms with van der Waals surface area (Å²) in [5.41, 5.74) is -0.720. The molecule has 2 rings (SSSR count). The Morgan fingerprint density at radius 2 is 1.74 bits per heavy atom. The van der Waals surface area contributed by atoms with Crippen molar-refractivity contribution in [2.75, 3.05) is 31.3 Å². The molecule has 0 fully saturated rings. The first-order chi connectivity index (χ1) is 16.3. The van der Waals surface area contributed by atoms with E-state index in [4.69, 9.17) is 4.74 Å². The molecule has 0 radical (unpaired) electrons. The number of nitrogens with one attached hydrogen (secondary N) is 1. The molecule has 0 aliphatic heterocycles. The highest BCUT2D eigenvalue weighted by Crippen LogP contribution is 2.32. The molecule has 0 heterocycles. The summed E-state index contributed by atoms with van der Waals surface area (Å²) < 4.78 is 70.3.